The van der Waals surface area contributed by atoms with Crippen LogP contribution in [-0.4, -0.2) is 41.0 Å². The Morgan fingerprint density at radius 1 is 0.969 bits per heavy atom. The first kappa shape index (κ1) is 24.6. The fourth-order valence-corrected chi connectivity index (χ4v) is 6.59. The van der Waals surface area contributed by atoms with Gasteiger partial charge < -0.3 is 23.3 Å². The quantitative estimate of drug-likeness (QED) is 0.340. The highest BCUT2D eigenvalue weighted by molar-refractivity contribution is 6.60. The van der Waals surface area contributed by atoms with Crippen LogP contribution >= 0.6 is 0 Å². The van der Waals surface area contributed by atoms with E-state index in [1.54, 1.807) is 0 Å². The van der Waals surface area contributed by atoms with Gasteiger partial charge in [0, 0.05) is 32.4 Å². The van der Waals surface area contributed by atoms with E-state index in [-0.39, 0.29) is 11.9 Å². The summed E-state index contributed by atoms with van der Waals surface area (Å²) in [6.07, 6.45) is 1.08. The highest BCUT2D eigenvalue weighted by Crippen LogP contribution is 2.34. The molecule has 0 amide bonds. The largest absolute Gasteiger partial charge is 0.500 e. The summed E-state index contributed by atoms with van der Waals surface area (Å²) in [5, 5.41) is 3.49. The monoisotopic (exact) mass is 457 g/mol. The molecule has 2 aromatic rings. The number of rotatable bonds is 13. The van der Waals surface area contributed by atoms with Crippen molar-refractivity contribution < 1.29 is 22.8 Å². The summed E-state index contributed by atoms with van der Waals surface area (Å²) >= 11 is 0. The van der Waals surface area contributed by atoms with Crippen molar-refractivity contribution >= 4 is 14.6 Å². The third-order valence-electron chi connectivity index (χ3n) is 5.44. The minimum absolute atomic E-state index is 0.133. The Bertz CT molecular complexity index is 841. The fraction of sp³-hybridized carbons (Fsp3) is 0.480. The van der Waals surface area contributed by atoms with Gasteiger partial charge in [0.15, 0.2) is 5.78 Å². The zero-order valence-corrected chi connectivity index (χ0v) is 20.4. The molecule has 1 heterocycles. The van der Waals surface area contributed by atoms with Crippen LogP contribution in [0.25, 0.3) is 0 Å². The summed E-state index contributed by atoms with van der Waals surface area (Å²) in [4.78, 5) is 12.4. The molecule has 3 rings (SSSR count). The summed E-state index contributed by atoms with van der Waals surface area (Å²) in [6, 6.07) is 16.6. The summed E-state index contributed by atoms with van der Waals surface area (Å²) in [7, 11) is -2.56. The molecule has 0 fully saturated rings. The highest BCUT2D eigenvalue weighted by Gasteiger charge is 2.39. The number of ketones is 1. The summed E-state index contributed by atoms with van der Waals surface area (Å²) in [5.74, 6) is 0.804. The summed E-state index contributed by atoms with van der Waals surface area (Å²) in [5.41, 5.74) is 2.89. The van der Waals surface area contributed by atoms with Crippen molar-refractivity contribution in [2.45, 2.75) is 52.3 Å². The molecule has 1 unspecified atom stereocenters. The van der Waals surface area contributed by atoms with Crippen LogP contribution in [0, 0.1) is 0 Å². The van der Waals surface area contributed by atoms with Crippen molar-refractivity contribution in [1.29, 1.82) is 0 Å². The van der Waals surface area contributed by atoms with Gasteiger partial charge in [-0.3, -0.25) is 4.79 Å². The first-order valence-electron chi connectivity index (χ1n) is 11.6. The molecule has 0 spiro atoms. The van der Waals surface area contributed by atoms with Crippen molar-refractivity contribution in [3.63, 3.8) is 0 Å². The van der Waals surface area contributed by atoms with E-state index >= 15 is 0 Å². The second-order valence-electron chi connectivity index (χ2n) is 7.73. The van der Waals surface area contributed by atoms with E-state index in [9.17, 15) is 4.79 Å². The van der Waals surface area contributed by atoms with Crippen LogP contribution in [-0.2, 0) is 19.8 Å². The van der Waals surface area contributed by atoms with Crippen LogP contribution in [0.15, 0.2) is 48.5 Å². The summed E-state index contributed by atoms with van der Waals surface area (Å²) < 4.78 is 23.8. The molecule has 0 aliphatic carbocycles. The van der Waals surface area contributed by atoms with Crippen LogP contribution in [0.4, 0.5) is 0 Å². The molecule has 1 atom stereocenters. The van der Waals surface area contributed by atoms with E-state index in [1.807, 2.05) is 45.0 Å². The number of carbonyl (C=O) groups is 1. The van der Waals surface area contributed by atoms with E-state index in [1.165, 1.54) is 5.56 Å². The van der Waals surface area contributed by atoms with E-state index in [2.05, 4.69) is 29.6 Å². The van der Waals surface area contributed by atoms with Crippen molar-refractivity contribution in [2.24, 2.45) is 0 Å². The van der Waals surface area contributed by atoms with Gasteiger partial charge in [-0.25, -0.2) is 0 Å². The van der Waals surface area contributed by atoms with Crippen molar-refractivity contribution in [2.75, 3.05) is 26.4 Å². The number of benzene rings is 2. The molecule has 0 saturated carbocycles. The Labute approximate surface area is 192 Å². The van der Waals surface area contributed by atoms with Gasteiger partial charge in [-0.15, -0.1) is 0 Å². The second-order valence-corrected chi connectivity index (χ2v) is 10.5. The lowest BCUT2D eigenvalue weighted by atomic mass is 9.96. The average molecular weight is 458 g/mol. The average Bonchev–Trinajstić information content (AvgIpc) is 2.80. The molecule has 0 saturated heterocycles. The maximum absolute atomic E-state index is 12.4. The van der Waals surface area contributed by atoms with Gasteiger partial charge in [0.1, 0.15) is 11.9 Å². The molecule has 1 aliphatic rings. The highest BCUT2D eigenvalue weighted by atomic mass is 28.4. The molecular weight excluding hydrogens is 422 g/mol. The normalized spacial score (nSPS) is 16.0. The third kappa shape index (κ3) is 6.49. The molecule has 2 aromatic carbocycles. The van der Waals surface area contributed by atoms with Crippen LogP contribution in [0.3, 0.4) is 0 Å². The number of fused-ring (bicyclic) bond motifs is 1. The maximum atomic E-state index is 12.4. The second kappa shape index (κ2) is 12.3. The molecular formula is C25H35NO5Si. The standard InChI is InChI=1S/C25H35NO5Si/c1-4-28-32(29-5-2,30-6-3)17-9-16-26-19-20-12-14-21(15-13-20)25-18-23(27)22-10-7-8-11-24(22)31-25/h7-8,10-15,25-26H,4-6,9,16-19H2,1-3H3. The van der Waals surface area contributed by atoms with Crippen molar-refractivity contribution in [1.82, 2.24) is 5.32 Å². The first-order valence-corrected chi connectivity index (χ1v) is 13.5. The predicted octanol–water partition coefficient (Wildman–Crippen LogP) is 4.92. The Morgan fingerprint density at radius 3 is 2.28 bits per heavy atom. The fourth-order valence-electron chi connectivity index (χ4n) is 3.97. The smallest absolute Gasteiger partial charge is 0.484 e. The zero-order chi connectivity index (χ0) is 22.8. The van der Waals surface area contributed by atoms with Crippen LogP contribution < -0.4 is 10.1 Å². The molecule has 174 valence electrons. The van der Waals surface area contributed by atoms with Gasteiger partial charge >= 0.3 is 8.80 Å². The molecule has 0 bridgehead atoms. The number of ether oxygens (including phenoxy) is 1. The molecule has 7 heteroatoms. The van der Waals surface area contributed by atoms with Crippen LogP contribution in [0.5, 0.6) is 5.75 Å². The number of carbonyl (C=O) groups excluding carboxylic acids is 1. The Balaban J connectivity index is 1.47. The Hall–Kier alpha value is -2.03. The van der Waals surface area contributed by atoms with Gasteiger partial charge in [0.2, 0.25) is 0 Å². The molecule has 6 nitrogen and oxygen atoms in total. The van der Waals surface area contributed by atoms with E-state index < -0.39 is 8.80 Å². The predicted molar refractivity (Wildman–Crippen MR) is 127 cm³/mol. The lowest BCUT2D eigenvalue weighted by Crippen LogP contribution is -2.46. The van der Waals surface area contributed by atoms with Gasteiger partial charge in [-0.2, -0.15) is 0 Å². The van der Waals surface area contributed by atoms with Crippen molar-refractivity contribution in [3.05, 3.63) is 65.2 Å². The third-order valence-corrected chi connectivity index (χ3v) is 8.59. The van der Waals surface area contributed by atoms with Gasteiger partial charge in [0.05, 0.1) is 12.0 Å². The summed E-state index contributed by atoms with van der Waals surface area (Å²) in [6.45, 7) is 9.40. The zero-order valence-electron chi connectivity index (χ0n) is 19.4. The van der Waals surface area contributed by atoms with Gasteiger partial charge in [-0.05, 0) is 57.0 Å². The van der Waals surface area contributed by atoms with Gasteiger partial charge in [-0.1, -0.05) is 36.4 Å². The maximum Gasteiger partial charge on any atom is 0.500 e. The number of Topliss-reactive ketones (excluding diaryl/α,β-unsaturated/α-hetero) is 1. The topological polar surface area (TPSA) is 66.0 Å². The molecule has 1 N–H and O–H groups in total. The minimum atomic E-state index is -2.56. The molecule has 0 aromatic heterocycles. The minimum Gasteiger partial charge on any atom is -0.484 e. The number of hydrogen-bond acceptors (Lipinski definition) is 6. The molecule has 0 radical (unpaired) electrons. The van der Waals surface area contributed by atoms with E-state index in [0.717, 1.165) is 31.1 Å². The number of para-hydroxylation sites is 1. The number of hydrogen-bond donors (Lipinski definition) is 1. The Kier molecular flexibility index (Phi) is 9.44. The van der Waals surface area contributed by atoms with E-state index in [4.69, 9.17) is 18.0 Å². The molecule has 1 aliphatic heterocycles. The SMILES string of the molecule is CCO[Si](CCCNCc1ccc(C2CC(=O)c3ccccc3O2)cc1)(OCC)OCC. The lowest BCUT2D eigenvalue weighted by molar-refractivity contribution is 0.0708. The Morgan fingerprint density at radius 2 is 1.62 bits per heavy atom. The van der Waals surface area contributed by atoms with E-state index in [0.29, 0.717) is 37.6 Å². The number of nitrogens with one attached hydrogen (secondary N) is 1. The van der Waals surface area contributed by atoms with Crippen LogP contribution in [0.2, 0.25) is 6.04 Å². The first-order chi connectivity index (χ1) is 15.6. The van der Waals surface area contributed by atoms with Crippen molar-refractivity contribution in [3.8, 4) is 5.75 Å². The van der Waals surface area contributed by atoms with Gasteiger partial charge in [0.25, 0.3) is 0 Å². The lowest BCUT2D eigenvalue weighted by Gasteiger charge is -2.28. The van der Waals surface area contributed by atoms with Crippen LogP contribution in [0.1, 0.15) is 61.2 Å². The molecule has 32 heavy (non-hydrogen) atoms.